The zero-order valence-electron chi connectivity index (χ0n) is 28.1. The SMILES string of the molecule is C=C(Br)C(=O)Nc1cc(C(=O)N(Cl)c2cc(C(=O)Nc3cc(C(=O)Nc4cc(C(=O)NCCNC5=NCCN5)n(C)c4)n(C)c3)n(C)c2)n(C)c1. The molecule has 0 spiro atoms. The van der Waals surface area contributed by atoms with Crippen LogP contribution in [0.25, 0.3) is 0 Å². The van der Waals surface area contributed by atoms with Crippen LogP contribution in [-0.4, -0.2) is 79.9 Å². The second kappa shape index (κ2) is 15.4. The normalized spacial score (nSPS) is 12.1. The van der Waals surface area contributed by atoms with Crippen LogP contribution in [0.4, 0.5) is 22.7 Å². The Balaban J connectivity index is 1.18. The van der Waals surface area contributed by atoms with Crippen molar-refractivity contribution in [1.82, 2.24) is 34.2 Å². The first-order valence-electron chi connectivity index (χ1n) is 15.5. The van der Waals surface area contributed by atoms with Gasteiger partial charge in [-0.25, -0.2) is 4.42 Å². The summed E-state index contributed by atoms with van der Waals surface area (Å²) in [5.41, 5.74) is 2.33. The third-order valence-corrected chi connectivity index (χ3v) is 8.43. The molecule has 0 radical (unpaired) electrons. The van der Waals surface area contributed by atoms with Gasteiger partial charge in [-0.1, -0.05) is 6.58 Å². The van der Waals surface area contributed by atoms with Crippen molar-refractivity contribution in [2.24, 2.45) is 33.2 Å². The average Bonchev–Trinajstić information content (AvgIpc) is 3.91. The minimum atomic E-state index is -0.597. The molecule has 1 aliphatic rings. The lowest BCUT2D eigenvalue weighted by molar-refractivity contribution is -0.112. The van der Waals surface area contributed by atoms with E-state index in [1.807, 2.05) is 0 Å². The van der Waals surface area contributed by atoms with Gasteiger partial charge in [0.1, 0.15) is 22.8 Å². The van der Waals surface area contributed by atoms with Gasteiger partial charge in [-0.15, -0.1) is 0 Å². The fourth-order valence-corrected chi connectivity index (χ4v) is 5.49. The Hall–Kier alpha value is -5.75. The van der Waals surface area contributed by atoms with E-state index in [4.69, 9.17) is 11.8 Å². The molecular weight excluding hydrogens is 748 g/mol. The quantitative estimate of drug-likeness (QED) is 0.0722. The number of anilines is 4. The Morgan fingerprint density at radius 2 is 1.29 bits per heavy atom. The molecule has 4 aromatic heterocycles. The van der Waals surface area contributed by atoms with Crippen LogP contribution >= 0.6 is 27.7 Å². The fourth-order valence-electron chi connectivity index (χ4n) is 5.21. The summed E-state index contributed by atoms with van der Waals surface area (Å²) < 4.78 is 7.17. The highest BCUT2D eigenvalue weighted by Gasteiger charge is 2.24. The van der Waals surface area contributed by atoms with Crippen molar-refractivity contribution in [2.45, 2.75) is 0 Å². The first kappa shape index (κ1) is 36.5. The number of aromatic nitrogens is 4. The van der Waals surface area contributed by atoms with E-state index >= 15 is 0 Å². The van der Waals surface area contributed by atoms with Gasteiger partial charge in [-0.05, 0) is 40.2 Å². The Bertz CT molecular complexity index is 2070. The van der Waals surface area contributed by atoms with Crippen LogP contribution in [0.2, 0.25) is 0 Å². The van der Waals surface area contributed by atoms with Gasteiger partial charge in [0.2, 0.25) is 0 Å². The maximum atomic E-state index is 13.3. The fraction of sp³-hybridized carbons (Fsp3) is 0.250. The molecule has 1 aliphatic heterocycles. The summed E-state index contributed by atoms with van der Waals surface area (Å²) in [6.07, 6.45) is 6.27. The minimum Gasteiger partial charge on any atom is -0.355 e. The third-order valence-electron chi connectivity index (χ3n) is 7.72. The zero-order chi connectivity index (χ0) is 37.0. The monoisotopic (exact) mass is 782 g/mol. The maximum Gasteiger partial charge on any atom is 0.289 e. The van der Waals surface area contributed by atoms with Gasteiger partial charge in [0.15, 0.2) is 5.96 Å². The molecule has 19 heteroatoms. The van der Waals surface area contributed by atoms with Gasteiger partial charge in [0.05, 0.1) is 33.8 Å². The Morgan fingerprint density at radius 3 is 1.86 bits per heavy atom. The number of carbonyl (C=O) groups is 5. The number of hydrogen-bond acceptors (Lipinski definition) is 8. The molecule has 0 bridgehead atoms. The molecule has 0 aliphatic carbocycles. The maximum absolute atomic E-state index is 13.3. The standard InChI is InChI=1S/C32H36BrClN12O5/c1-18(33)27(47)39-21-12-26(44(4)16-21)31(51)46(34)22-13-25(45(5)17-22)30(50)41-20-11-24(43(3)15-20)29(49)40-19-10-23(42(2)14-19)28(48)35-6-7-36-32-37-8-9-38-32/h10-17H,1,6-9H2,2-5H3,(H,35,48)(H,39,47)(H,40,49)(H,41,50)(H2,36,37,38). The molecule has 4 aromatic rings. The predicted octanol–water partition coefficient (Wildman–Crippen LogP) is 2.47. The van der Waals surface area contributed by atoms with Crippen molar-refractivity contribution < 1.29 is 24.0 Å². The number of aryl methyl sites for hydroxylation is 4. The average molecular weight is 784 g/mol. The lowest BCUT2D eigenvalue weighted by Crippen LogP contribution is -2.39. The van der Waals surface area contributed by atoms with E-state index in [-0.39, 0.29) is 33.2 Å². The molecule has 268 valence electrons. The van der Waals surface area contributed by atoms with Crippen LogP contribution in [0.3, 0.4) is 0 Å². The molecule has 0 aromatic carbocycles. The smallest absolute Gasteiger partial charge is 0.289 e. The van der Waals surface area contributed by atoms with Crippen LogP contribution in [0.1, 0.15) is 42.0 Å². The van der Waals surface area contributed by atoms with E-state index in [1.165, 1.54) is 33.5 Å². The summed E-state index contributed by atoms with van der Waals surface area (Å²) in [5, 5.41) is 17.2. The number of guanidine groups is 1. The lowest BCUT2D eigenvalue weighted by atomic mass is 10.3. The number of halogens is 2. The van der Waals surface area contributed by atoms with Crippen molar-refractivity contribution in [3.63, 3.8) is 0 Å². The number of nitrogens with zero attached hydrogens (tertiary/aromatic N) is 6. The molecule has 5 heterocycles. The van der Waals surface area contributed by atoms with E-state index < -0.39 is 23.6 Å². The third kappa shape index (κ3) is 8.53. The summed E-state index contributed by atoms with van der Waals surface area (Å²) in [6.45, 7) is 5.90. The van der Waals surface area contributed by atoms with Gasteiger partial charge in [-0.2, -0.15) is 0 Å². The van der Waals surface area contributed by atoms with E-state index in [9.17, 15) is 24.0 Å². The number of amides is 5. The molecule has 51 heavy (non-hydrogen) atoms. The molecular formula is C32H36BrClN12O5. The van der Waals surface area contributed by atoms with Crippen LogP contribution in [-0.2, 0) is 33.0 Å². The van der Waals surface area contributed by atoms with Crippen molar-refractivity contribution in [2.75, 3.05) is 46.5 Å². The van der Waals surface area contributed by atoms with Crippen LogP contribution in [0.15, 0.2) is 65.1 Å². The van der Waals surface area contributed by atoms with Gasteiger partial charge >= 0.3 is 0 Å². The number of carbonyl (C=O) groups excluding carboxylic acids is 5. The minimum absolute atomic E-state index is 0.125. The lowest BCUT2D eigenvalue weighted by Gasteiger charge is -2.12. The number of rotatable bonds is 12. The first-order valence-corrected chi connectivity index (χ1v) is 16.6. The van der Waals surface area contributed by atoms with E-state index in [0.717, 1.165) is 17.5 Å². The molecule has 0 saturated carbocycles. The molecule has 5 amide bonds. The summed E-state index contributed by atoms with van der Waals surface area (Å²) in [6, 6.07) is 5.99. The summed E-state index contributed by atoms with van der Waals surface area (Å²) in [7, 11) is 6.60. The molecule has 0 atom stereocenters. The molecule has 17 nitrogen and oxygen atoms in total. The highest BCUT2D eigenvalue weighted by Crippen LogP contribution is 2.26. The number of aliphatic imine (C=N–C) groups is 1. The van der Waals surface area contributed by atoms with Gasteiger partial charge < -0.3 is 50.2 Å². The highest BCUT2D eigenvalue weighted by atomic mass is 79.9. The first-order chi connectivity index (χ1) is 24.2. The Kier molecular flexibility index (Phi) is 11.0. The Morgan fingerprint density at radius 1 is 0.784 bits per heavy atom. The Labute approximate surface area is 305 Å². The number of hydrogen-bond donors (Lipinski definition) is 6. The van der Waals surface area contributed by atoms with E-state index in [0.29, 0.717) is 41.8 Å². The molecule has 6 N–H and O–H groups in total. The molecule has 0 unspecified atom stereocenters. The van der Waals surface area contributed by atoms with Crippen LogP contribution in [0.5, 0.6) is 0 Å². The van der Waals surface area contributed by atoms with Gasteiger partial charge in [0, 0.05) is 84.4 Å². The van der Waals surface area contributed by atoms with Crippen LogP contribution in [0, 0.1) is 0 Å². The predicted molar refractivity (Wildman–Crippen MR) is 198 cm³/mol. The molecule has 5 rings (SSSR count). The van der Waals surface area contributed by atoms with Crippen molar-refractivity contribution in [1.29, 1.82) is 0 Å². The summed E-state index contributed by atoms with van der Waals surface area (Å²) >= 11 is 9.43. The van der Waals surface area contributed by atoms with E-state index in [2.05, 4.69) is 59.4 Å². The van der Waals surface area contributed by atoms with Crippen LogP contribution < -0.4 is 36.3 Å². The van der Waals surface area contributed by atoms with Gasteiger partial charge in [0.25, 0.3) is 29.5 Å². The molecule has 0 fully saturated rings. The zero-order valence-corrected chi connectivity index (χ0v) is 30.5. The summed E-state index contributed by atoms with van der Waals surface area (Å²) in [4.78, 5) is 68.6. The number of nitrogens with one attached hydrogen (secondary N) is 6. The second-order valence-corrected chi connectivity index (χ2v) is 12.9. The molecule has 0 saturated heterocycles. The largest absolute Gasteiger partial charge is 0.355 e. The second-order valence-electron chi connectivity index (χ2n) is 11.6. The topological polar surface area (TPSA) is 193 Å². The summed E-state index contributed by atoms with van der Waals surface area (Å²) in [5.74, 6) is -1.62. The van der Waals surface area contributed by atoms with Crippen molar-refractivity contribution in [3.8, 4) is 0 Å². The highest BCUT2D eigenvalue weighted by molar-refractivity contribution is 9.12. The van der Waals surface area contributed by atoms with Crippen molar-refractivity contribution >= 4 is 86.0 Å². The van der Waals surface area contributed by atoms with E-state index in [1.54, 1.807) is 62.0 Å². The van der Waals surface area contributed by atoms with Gasteiger partial charge in [-0.3, -0.25) is 29.0 Å². The van der Waals surface area contributed by atoms with Crippen molar-refractivity contribution in [3.05, 3.63) is 82.9 Å².